The van der Waals surface area contributed by atoms with Gasteiger partial charge in [0.05, 0.1) is 18.6 Å². The molecule has 2 aromatic rings. The van der Waals surface area contributed by atoms with E-state index in [9.17, 15) is 13.2 Å². The number of hydrogen-bond donors (Lipinski definition) is 0. The molecule has 0 aliphatic rings. The molecule has 0 radical (unpaired) electrons. The van der Waals surface area contributed by atoms with E-state index < -0.39 is 21.6 Å². The summed E-state index contributed by atoms with van der Waals surface area (Å²) in [4.78, 5) is 11.7. The SMILES string of the molecule is CCOC(=O)c1nnc(CS(=O)(=O)c2c(C)cc(OC)cc2C)o1. The van der Waals surface area contributed by atoms with Gasteiger partial charge in [-0.05, 0) is 44.0 Å². The van der Waals surface area contributed by atoms with E-state index in [1.807, 2.05) is 0 Å². The summed E-state index contributed by atoms with van der Waals surface area (Å²) in [5.41, 5.74) is 1.11. The van der Waals surface area contributed by atoms with Gasteiger partial charge in [0, 0.05) is 0 Å². The fourth-order valence-electron chi connectivity index (χ4n) is 2.34. The maximum absolute atomic E-state index is 12.7. The minimum atomic E-state index is -3.73. The number of esters is 1. The molecule has 1 heterocycles. The van der Waals surface area contributed by atoms with Crippen molar-refractivity contribution in [3.8, 4) is 5.75 Å². The van der Waals surface area contributed by atoms with Crippen molar-refractivity contribution in [3.05, 3.63) is 35.0 Å². The minimum absolute atomic E-state index is 0.152. The maximum Gasteiger partial charge on any atom is 0.396 e. The largest absolute Gasteiger partial charge is 0.497 e. The first-order chi connectivity index (χ1) is 11.3. The molecule has 1 aromatic carbocycles. The normalized spacial score (nSPS) is 11.3. The molecule has 0 saturated heterocycles. The van der Waals surface area contributed by atoms with Crippen molar-refractivity contribution in [3.63, 3.8) is 0 Å². The van der Waals surface area contributed by atoms with E-state index in [0.29, 0.717) is 16.9 Å². The number of methoxy groups -OCH3 is 1. The van der Waals surface area contributed by atoms with Crippen LogP contribution in [0.3, 0.4) is 0 Å². The number of rotatable bonds is 6. The highest BCUT2D eigenvalue weighted by atomic mass is 32.2. The van der Waals surface area contributed by atoms with Gasteiger partial charge in [-0.25, -0.2) is 13.2 Å². The molecule has 0 bridgehead atoms. The molecular weight excluding hydrogens is 336 g/mol. The van der Waals surface area contributed by atoms with E-state index in [4.69, 9.17) is 13.9 Å². The fraction of sp³-hybridized carbons (Fsp3) is 0.400. The van der Waals surface area contributed by atoms with Crippen LogP contribution in [0.2, 0.25) is 0 Å². The van der Waals surface area contributed by atoms with Gasteiger partial charge in [0.2, 0.25) is 5.89 Å². The lowest BCUT2D eigenvalue weighted by Crippen LogP contribution is -2.09. The summed E-state index contributed by atoms with van der Waals surface area (Å²) in [5, 5.41) is 7.11. The third kappa shape index (κ3) is 3.73. The van der Waals surface area contributed by atoms with Gasteiger partial charge < -0.3 is 13.9 Å². The molecule has 0 N–H and O–H groups in total. The Morgan fingerprint density at radius 2 is 1.83 bits per heavy atom. The molecule has 0 aliphatic heterocycles. The van der Waals surface area contributed by atoms with Gasteiger partial charge in [0.25, 0.3) is 0 Å². The predicted octanol–water partition coefficient (Wildman–Crippen LogP) is 1.85. The summed E-state index contributed by atoms with van der Waals surface area (Å²) in [7, 11) is -2.22. The standard InChI is InChI=1S/C15H18N2O6S/c1-5-22-15(18)14-17-16-12(23-14)8-24(19,20)13-9(2)6-11(21-4)7-10(13)3/h6-7H,5,8H2,1-4H3. The summed E-state index contributed by atoms with van der Waals surface area (Å²) >= 11 is 0. The third-order valence-corrected chi connectivity index (χ3v) is 5.10. The molecule has 0 amide bonds. The number of aromatic nitrogens is 2. The van der Waals surface area contributed by atoms with Crippen LogP contribution in [-0.2, 0) is 20.3 Å². The van der Waals surface area contributed by atoms with Gasteiger partial charge in [0.1, 0.15) is 11.5 Å². The van der Waals surface area contributed by atoms with Crippen LogP contribution in [0.25, 0.3) is 0 Å². The van der Waals surface area contributed by atoms with E-state index in [1.165, 1.54) is 7.11 Å². The molecule has 0 fully saturated rings. The van der Waals surface area contributed by atoms with Gasteiger partial charge in [0.15, 0.2) is 9.84 Å². The van der Waals surface area contributed by atoms with Crippen LogP contribution in [0.5, 0.6) is 5.75 Å². The average Bonchev–Trinajstić information content (AvgIpc) is 2.94. The Hall–Kier alpha value is -2.42. The average molecular weight is 354 g/mol. The second-order valence-corrected chi connectivity index (χ2v) is 7.00. The Morgan fingerprint density at radius 3 is 2.38 bits per heavy atom. The Morgan fingerprint density at radius 1 is 1.21 bits per heavy atom. The van der Waals surface area contributed by atoms with E-state index in [1.54, 1.807) is 32.9 Å². The van der Waals surface area contributed by atoms with Gasteiger partial charge in [-0.1, -0.05) is 0 Å². The minimum Gasteiger partial charge on any atom is -0.497 e. The number of sulfone groups is 1. The van der Waals surface area contributed by atoms with E-state index in [-0.39, 0.29) is 23.3 Å². The Labute approximate surface area is 139 Å². The van der Waals surface area contributed by atoms with Crippen LogP contribution in [0.15, 0.2) is 21.4 Å². The second kappa shape index (κ2) is 7.00. The predicted molar refractivity (Wildman–Crippen MR) is 83.6 cm³/mol. The van der Waals surface area contributed by atoms with E-state index >= 15 is 0 Å². The molecule has 0 aliphatic carbocycles. The quantitative estimate of drug-likeness (QED) is 0.723. The number of ether oxygens (including phenoxy) is 2. The number of nitrogens with zero attached hydrogens (tertiary/aromatic N) is 2. The lowest BCUT2D eigenvalue weighted by Gasteiger charge is -2.11. The molecule has 1 aromatic heterocycles. The Balaban J connectivity index is 2.31. The Kier molecular flexibility index (Phi) is 5.23. The summed E-state index contributed by atoms with van der Waals surface area (Å²) in [6.07, 6.45) is 0. The number of carbonyl (C=O) groups is 1. The molecule has 2 rings (SSSR count). The lowest BCUT2D eigenvalue weighted by atomic mass is 10.1. The van der Waals surface area contributed by atoms with Crippen molar-refractivity contribution in [2.75, 3.05) is 13.7 Å². The first kappa shape index (κ1) is 17.9. The summed E-state index contributed by atoms with van der Waals surface area (Å²) in [6.45, 7) is 5.15. The Bertz CT molecular complexity index is 834. The third-order valence-electron chi connectivity index (χ3n) is 3.21. The zero-order valence-corrected chi connectivity index (χ0v) is 14.6. The van der Waals surface area contributed by atoms with E-state index in [0.717, 1.165) is 0 Å². The first-order valence-corrected chi connectivity index (χ1v) is 8.81. The second-order valence-electron chi connectivity index (χ2n) is 5.07. The highest BCUT2D eigenvalue weighted by Crippen LogP contribution is 2.28. The summed E-state index contributed by atoms with van der Waals surface area (Å²) < 4.78 is 40.3. The lowest BCUT2D eigenvalue weighted by molar-refractivity contribution is 0.0479. The maximum atomic E-state index is 12.7. The first-order valence-electron chi connectivity index (χ1n) is 7.16. The zero-order valence-electron chi connectivity index (χ0n) is 13.8. The van der Waals surface area contributed by atoms with Crippen molar-refractivity contribution < 1.29 is 27.1 Å². The highest BCUT2D eigenvalue weighted by molar-refractivity contribution is 7.90. The summed E-state index contributed by atoms with van der Waals surface area (Å²) in [5.74, 6) is -1.26. The smallest absolute Gasteiger partial charge is 0.396 e. The molecule has 0 spiro atoms. The van der Waals surface area contributed by atoms with Gasteiger partial charge in [-0.15, -0.1) is 10.2 Å². The summed E-state index contributed by atoms with van der Waals surface area (Å²) in [6, 6.07) is 3.27. The van der Waals surface area contributed by atoms with Gasteiger partial charge in [-0.3, -0.25) is 0 Å². The molecule has 8 nitrogen and oxygen atoms in total. The molecule has 24 heavy (non-hydrogen) atoms. The van der Waals surface area contributed by atoms with Crippen molar-refractivity contribution in [2.45, 2.75) is 31.4 Å². The van der Waals surface area contributed by atoms with Gasteiger partial charge >= 0.3 is 11.9 Å². The fourth-order valence-corrected chi connectivity index (χ4v) is 4.03. The molecule has 0 unspecified atom stereocenters. The van der Waals surface area contributed by atoms with E-state index in [2.05, 4.69) is 10.2 Å². The van der Waals surface area contributed by atoms with Crippen LogP contribution in [0.4, 0.5) is 0 Å². The van der Waals surface area contributed by atoms with Crippen LogP contribution in [0, 0.1) is 13.8 Å². The van der Waals surface area contributed by atoms with Crippen molar-refractivity contribution in [1.29, 1.82) is 0 Å². The highest BCUT2D eigenvalue weighted by Gasteiger charge is 2.25. The van der Waals surface area contributed by atoms with Crippen LogP contribution in [-0.4, -0.2) is 38.3 Å². The number of hydrogen-bond acceptors (Lipinski definition) is 8. The molecular formula is C15H18N2O6S. The van der Waals surface area contributed by atoms with Gasteiger partial charge in [-0.2, -0.15) is 0 Å². The zero-order chi connectivity index (χ0) is 17.9. The molecule has 130 valence electrons. The van der Waals surface area contributed by atoms with Crippen molar-refractivity contribution in [1.82, 2.24) is 10.2 Å². The number of aryl methyl sites for hydroxylation is 2. The molecule has 0 atom stereocenters. The van der Waals surface area contributed by atoms with Crippen LogP contribution >= 0.6 is 0 Å². The van der Waals surface area contributed by atoms with Crippen molar-refractivity contribution >= 4 is 15.8 Å². The van der Waals surface area contributed by atoms with Crippen LogP contribution < -0.4 is 4.74 Å². The number of benzene rings is 1. The molecule has 0 saturated carbocycles. The molecule has 9 heteroatoms. The number of carbonyl (C=O) groups excluding carboxylic acids is 1. The van der Waals surface area contributed by atoms with Crippen LogP contribution in [0.1, 0.15) is 34.6 Å². The topological polar surface area (TPSA) is 109 Å². The van der Waals surface area contributed by atoms with Crippen molar-refractivity contribution in [2.24, 2.45) is 0 Å². The monoisotopic (exact) mass is 354 g/mol.